The summed E-state index contributed by atoms with van der Waals surface area (Å²) in [5.74, 6) is -0.361. The van der Waals surface area contributed by atoms with Crippen molar-refractivity contribution in [3.63, 3.8) is 0 Å². The Kier molecular flexibility index (Phi) is 5.41. The van der Waals surface area contributed by atoms with Crippen LogP contribution < -0.4 is 5.32 Å². The maximum Gasteiger partial charge on any atom is 0.227 e. The van der Waals surface area contributed by atoms with Gasteiger partial charge in [-0.05, 0) is 17.9 Å². The molecule has 0 aromatic heterocycles. The van der Waals surface area contributed by atoms with E-state index in [1.54, 1.807) is 0 Å². The zero-order valence-corrected chi connectivity index (χ0v) is 17.3. The van der Waals surface area contributed by atoms with Gasteiger partial charge in [0.25, 0.3) is 0 Å². The zero-order valence-electron chi connectivity index (χ0n) is 16.5. The second-order valence-electron chi connectivity index (χ2n) is 8.00. The van der Waals surface area contributed by atoms with Crippen molar-refractivity contribution in [1.29, 1.82) is 0 Å². The highest BCUT2D eigenvalue weighted by atomic mass is 32.2. The molecule has 3 N–H and O–H groups in total. The molecule has 0 unspecified atom stereocenters. The molecule has 30 heavy (non-hydrogen) atoms. The lowest BCUT2D eigenvalue weighted by Crippen LogP contribution is -2.55. The summed E-state index contributed by atoms with van der Waals surface area (Å²) in [6.45, 7) is 2.21. The Labute approximate surface area is 179 Å². The molecule has 2 aromatic rings. The minimum atomic E-state index is -0.969. The number of aliphatic imine (C=N–C) groups is 1. The van der Waals surface area contributed by atoms with Gasteiger partial charge in [0, 0.05) is 29.4 Å². The molecule has 5 atom stereocenters. The summed E-state index contributed by atoms with van der Waals surface area (Å²) in [7, 11) is 0. The van der Waals surface area contributed by atoms with Crippen LogP contribution in [0.15, 0.2) is 47.5 Å². The van der Waals surface area contributed by atoms with Crippen LogP contribution in [0.4, 0.5) is 5.69 Å². The van der Waals surface area contributed by atoms with Crippen molar-refractivity contribution in [1.82, 2.24) is 4.90 Å². The number of thioether (sulfide) groups is 1. The molecule has 1 saturated heterocycles. The largest absolute Gasteiger partial charge is 0.390 e. The van der Waals surface area contributed by atoms with Gasteiger partial charge in [-0.3, -0.25) is 9.79 Å². The van der Waals surface area contributed by atoms with Gasteiger partial charge < -0.3 is 25.2 Å². The Bertz CT molecular complexity index is 973. The summed E-state index contributed by atoms with van der Waals surface area (Å²) < 4.78 is 5.36. The first kappa shape index (κ1) is 19.8. The fourth-order valence-electron chi connectivity index (χ4n) is 4.56. The number of carbonyl (C=O) groups is 1. The minimum Gasteiger partial charge on any atom is -0.390 e. The SMILES string of the molecule is O=C([C@H]1C[C@@H](O)[C@H](O)[C@@H]2N=C(Nc3cccc4ccccc34)S[C@@H]21)N1CCOCC1. The van der Waals surface area contributed by atoms with E-state index in [4.69, 9.17) is 4.74 Å². The second-order valence-corrected chi connectivity index (χ2v) is 9.16. The lowest BCUT2D eigenvalue weighted by Gasteiger charge is -2.40. The molecule has 1 amide bonds. The summed E-state index contributed by atoms with van der Waals surface area (Å²) >= 11 is 1.49. The highest BCUT2D eigenvalue weighted by Crippen LogP contribution is 2.42. The van der Waals surface area contributed by atoms with Gasteiger partial charge in [0.15, 0.2) is 5.17 Å². The van der Waals surface area contributed by atoms with Gasteiger partial charge >= 0.3 is 0 Å². The van der Waals surface area contributed by atoms with Crippen LogP contribution in [0.5, 0.6) is 0 Å². The molecule has 7 nitrogen and oxygen atoms in total. The van der Waals surface area contributed by atoms with Crippen LogP contribution in [-0.4, -0.2) is 76.0 Å². The third-order valence-corrected chi connectivity index (χ3v) is 7.47. The number of amides is 1. The molecule has 1 aliphatic carbocycles. The third-order valence-electron chi connectivity index (χ3n) is 6.16. The molecule has 0 radical (unpaired) electrons. The number of carbonyl (C=O) groups excluding carboxylic acids is 1. The van der Waals surface area contributed by atoms with Gasteiger partial charge in [-0.25, -0.2) is 0 Å². The number of benzene rings is 2. The van der Waals surface area contributed by atoms with E-state index in [1.165, 1.54) is 11.8 Å². The van der Waals surface area contributed by atoms with Crippen molar-refractivity contribution >= 4 is 39.3 Å². The monoisotopic (exact) mass is 427 g/mol. The van der Waals surface area contributed by atoms with Gasteiger partial charge in [-0.1, -0.05) is 48.2 Å². The molecule has 0 bridgehead atoms. The summed E-state index contributed by atoms with van der Waals surface area (Å²) in [4.78, 5) is 19.7. The van der Waals surface area contributed by atoms with Crippen molar-refractivity contribution in [2.45, 2.75) is 29.9 Å². The number of amidine groups is 1. The molecule has 8 heteroatoms. The minimum absolute atomic E-state index is 0.0216. The molecule has 5 rings (SSSR count). The van der Waals surface area contributed by atoms with E-state index < -0.39 is 18.2 Å². The summed E-state index contributed by atoms with van der Waals surface area (Å²) in [5, 5.41) is 27.1. The Balaban J connectivity index is 1.38. The lowest BCUT2D eigenvalue weighted by molar-refractivity contribution is -0.144. The van der Waals surface area contributed by atoms with Crippen LogP contribution in [-0.2, 0) is 9.53 Å². The quantitative estimate of drug-likeness (QED) is 0.675. The van der Waals surface area contributed by atoms with Crippen LogP contribution in [0, 0.1) is 5.92 Å². The number of nitrogens with one attached hydrogen (secondary N) is 1. The van der Waals surface area contributed by atoms with Crippen LogP contribution in [0.25, 0.3) is 10.8 Å². The number of hydrogen-bond acceptors (Lipinski definition) is 7. The van der Waals surface area contributed by atoms with Crippen LogP contribution in [0.1, 0.15) is 6.42 Å². The topological polar surface area (TPSA) is 94.4 Å². The van der Waals surface area contributed by atoms with Crippen molar-refractivity contribution in [2.24, 2.45) is 10.9 Å². The van der Waals surface area contributed by atoms with Crippen molar-refractivity contribution < 1.29 is 19.7 Å². The summed E-state index contributed by atoms with van der Waals surface area (Å²) in [6, 6.07) is 13.6. The molecule has 2 aliphatic heterocycles. The molecular formula is C22H25N3O4S. The molecule has 2 fully saturated rings. The lowest BCUT2D eigenvalue weighted by atomic mass is 9.80. The van der Waals surface area contributed by atoms with Crippen molar-refractivity contribution in [2.75, 3.05) is 31.6 Å². The third kappa shape index (κ3) is 3.58. The molecule has 158 valence electrons. The zero-order chi connectivity index (χ0) is 20.7. The Morgan fingerprint density at radius 1 is 1.13 bits per heavy atom. The maximum atomic E-state index is 13.2. The number of rotatable bonds is 2. The number of hydrogen-bond donors (Lipinski definition) is 3. The first-order valence-corrected chi connectivity index (χ1v) is 11.2. The number of fused-ring (bicyclic) bond motifs is 2. The van der Waals surface area contributed by atoms with E-state index in [1.807, 2.05) is 35.2 Å². The molecule has 1 saturated carbocycles. The van der Waals surface area contributed by atoms with Gasteiger partial charge in [0.05, 0.1) is 31.3 Å². The number of ether oxygens (including phenoxy) is 1. The smallest absolute Gasteiger partial charge is 0.227 e. The van der Waals surface area contributed by atoms with E-state index in [2.05, 4.69) is 22.4 Å². The first-order valence-electron chi connectivity index (χ1n) is 10.3. The Hall–Kier alpha value is -2.13. The second kappa shape index (κ2) is 8.19. The average Bonchev–Trinajstić information content (AvgIpc) is 3.21. The predicted octanol–water partition coefficient (Wildman–Crippen LogP) is 1.69. The van der Waals surface area contributed by atoms with E-state index in [9.17, 15) is 15.0 Å². The fourth-order valence-corrected chi connectivity index (χ4v) is 5.92. The van der Waals surface area contributed by atoms with E-state index in [0.29, 0.717) is 31.5 Å². The van der Waals surface area contributed by atoms with E-state index in [0.717, 1.165) is 16.5 Å². The van der Waals surface area contributed by atoms with E-state index >= 15 is 0 Å². The number of anilines is 1. The number of aliphatic hydroxyl groups excluding tert-OH is 2. The maximum absolute atomic E-state index is 13.2. The van der Waals surface area contributed by atoms with E-state index in [-0.39, 0.29) is 23.5 Å². The normalized spacial score (nSPS) is 31.3. The van der Waals surface area contributed by atoms with Crippen LogP contribution in [0.2, 0.25) is 0 Å². The first-order chi connectivity index (χ1) is 14.6. The Morgan fingerprint density at radius 2 is 1.90 bits per heavy atom. The number of aliphatic hydroxyl groups is 2. The fraction of sp³-hybridized carbons (Fsp3) is 0.455. The number of nitrogens with zero attached hydrogens (tertiary/aromatic N) is 2. The van der Waals surface area contributed by atoms with Gasteiger partial charge in [0.2, 0.25) is 5.91 Å². The molecule has 3 aliphatic rings. The Morgan fingerprint density at radius 3 is 2.73 bits per heavy atom. The molecule has 0 spiro atoms. The van der Waals surface area contributed by atoms with Crippen molar-refractivity contribution in [3.05, 3.63) is 42.5 Å². The summed E-state index contributed by atoms with van der Waals surface area (Å²) in [6.07, 6.45) is -1.67. The molecule has 2 aromatic carbocycles. The standard InChI is InChI=1S/C22H25N3O4S/c26-17-12-15(21(28)25-8-10-29-11-9-25)20-18(19(17)27)24-22(30-20)23-16-7-3-5-13-4-1-2-6-14(13)16/h1-7,15,17-20,26-27H,8-12H2,(H,23,24)/t15-,17+,18-,19-,20+/m0/s1. The van der Waals surface area contributed by atoms with Crippen molar-refractivity contribution in [3.8, 4) is 0 Å². The van der Waals surface area contributed by atoms with Crippen LogP contribution in [0.3, 0.4) is 0 Å². The van der Waals surface area contributed by atoms with Gasteiger partial charge in [0.1, 0.15) is 6.10 Å². The summed E-state index contributed by atoms with van der Waals surface area (Å²) in [5.41, 5.74) is 0.934. The molecule has 2 heterocycles. The molecular weight excluding hydrogens is 402 g/mol. The average molecular weight is 428 g/mol. The highest BCUT2D eigenvalue weighted by molar-refractivity contribution is 8.15. The van der Waals surface area contributed by atoms with Crippen LogP contribution >= 0.6 is 11.8 Å². The highest BCUT2D eigenvalue weighted by Gasteiger charge is 2.51. The number of morpholine rings is 1. The predicted molar refractivity (Wildman–Crippen MR) is 118 cm³/mol. The van der Waals surface area contributed by atoms with Gasteiger partial charge in [-0.2, -0.15) is 0 Å². The van der Waals surface area contributed by atoms with Gasteiger partial charge in [-0.15, -0.1) is 0 Å².